The fourth-order valence-electron chi connectivity index (χ4n) is 3.65. The van der Waals surface area contributed by atoms with Crippen LogP contribution in [0.5, 0.6) is 0 Å². The van der Waals surface area contributed by atoms with E-state index >= 15 is 0 Å². The van der Waals surface area contributed by atoms with Crippen LogP contribution in [0.2, 0.25) is 0 Å². The van der Waals surface area contributed by atoms with E-state index in [9.17, 15) is 0 Å². The van der Waals surface area contributed by atoms with E-state index in [2.05, 4.69) is 32.8 Å². The van der Waals surface area contributed by atoms with Gasteiger partial charge in [0.2, 0.25) is 0 Å². The van der Waals surface area contributed by atoms with Crippen molar-refractivity contribution in [2.75, 3.05) is 20.6 Å². The van der Waals surface area contributed by atoms with Crippen molar-refractivity contribution in [2.24, 2.45) is 23.2 Å². The Morgan fingerprint density at radius 3 is 2.38 bits per heavy atom. The highest BCUT2D eigenvalue weighted by atomic mass is 15.1. The zero-order valence-corrected chi connectivity index (χ0v) is 9.51. The molecular weight excluding hydrogens is 158 g/mol. The van der Waals surface area contributed by atoms with Crippen molar-refractivity contribution in [3.8, 4) is 0 Å². The van der Waals surface area contributed by atoms with Gasteiger partial charge in [-0.1, -0.05) is 13.8 Å². The lowest BCUT2D eigenvalue weighted by molar-refractivity contribution is -0.109. The summed E-state index contributed by atoms with van der Waals surface area (Å²) in [7, 11) is 4.41. The Bertz CT molecular complexity index is 193. The molecule has 3 fully saturated rings. The quantitative estimate of drug-likeness (QED) is 0.633. The first kappa shape index (κ1) is 9.51. The molecule has 0 aromatic heterocycles. The third kappa shape index (κ3) is 1.41. The van der Waals surface area contributed by atoms with Gasteiger partial charge in [0.25, 0.3) is 0 Å². The van der Waals surface area contributed by atoms with E-state index in [1.165, 1.54) is 25.8 Å². The first-order valence-corrected chi connectivity index (χ1v) is 5.66. The molecule has 0 aromatic carbocycles. The van der Waals surface area contributed by atoms with Gasteiger partial charge in [-0.15, -0.1) is 0 Å². The number of hydrogen-bond donors (Lipinski definition) is 0. The molecule has 0 heterocycles. The Morgan fingerprint density at radius 2 is 1.92 bits per heavy atom. The van der Waals surface area contributed by atoms with Gasteiger partial charge < -0.3 is 4.90 Å². The maximum atomic E-state index is 2.48. The van der Waals surface area contributed by atoms with E-state index in [1.807, 2.05) is 0 Å². The summed E-state index contributed by atoms with van der Waals surface area (Å²) in [5, 5.41) is 0. The fraction of sp³-hybridized carbons (Fsp3) is 1.00. The Kier molecular flexibility index (Phi) is 2.18. The minimum Gasteiger partial charge on any atom is -0.309 e. The monoisotopic (exact) mass is 181 g/mol. The summed E-state index contributed by atoms with van der Waals surface area (Å²) < 4.78 is 0. The number of fused-ring (bicyclic) bond motifs is 2. The summed E-state index contributed by atoms with van der Waals surface area (Å²) in [5.41, 5.74) is 0.666. The number of hydrogen-bond acceptors (Lipinski definition) is 1. The summed E-state index contributed by atoms with van der Waals surface area (Å²) >= 11 is 0. The predicted molar refractivity (Wildman–Crippen MR) is 56.7 cm³/mol. The van der Waals surface area contributed by atoms with Crippen LogP contribution in [-0.2, 0) is 0 Å². The van der Waals surface area contributed by atoms with E-state index < -0.39 is 0 Å². The predicted octanol–water partition coefficient (Wildman–Crippen LogP) is 2.62. The van der Waals surface area contributed by atoms with Gasteiger partial charge in [0.15, 0.2) is 0 Å². The van der Waals surface area contributed by atoms with Crippen LogP contribution in [0.15, 0.2) is 0 Å². The van der Waals surface area contributed by atoms with Gasteiger partial charge in [-0.05, 0) is 56.5 Å². The molecule has 3 saturated carbocycles. The van der Waals surface area contributed by atoms with Crippen LogP contribution in [0.3, 0.4) is 0 Å². The van der Waals surface area contributed by atoms with E-state index in [-0.39, 0.29) is 0 Å². The Morgan fingerprint density at radius 1 is 1.23 bits per heavy atom. The van der Waals surface area contributed by atoms with E-state index in [0.29, 0.717) is 5.41 Å². The Hall–Kier alpha value is -0.0400. The molecule has 3 aliphatic rings. The lowest BCUT2D eigenvalue weighted by Crippen LogP contribution is -2.54. The van der Waals surface area contributed by atoms with Gasteiger partial charge in [-0.3, -0.25) is 0 Å². The highest BCUT2D eigenvalue weighted by Gasteiger charge is 2.53. The van der Waals surface area contributed by atoms with Crippen molar-refractivity contribution >= 4 is 0 Å². The molecule has 0 amide bonds. The van der Waals surface area contributed by atoms with E-state index in [0.717, 1.165) is 17.8 Å². The summed E-state index contributed by atoms with van der Waals surface area (Å²) in [6.07, 6.45) is 4.49. The first-order valence-electron chi connectivity index (χ1n) is 5.66. The van der Waals surface area contributed by atoms with Gasteiger partial charge in [0.05, 0.1) is 0 Å². The molecular formula is C12H23N. The molecule has 3 aliphatic carbocycles. The normalized spacial score (nSPS) is 41.8. The first-order chi connectivity index (χ1) is 6.01. The molecule has 0 spiro atoms. The summed E-state index contributed by atoms with van der Waals surface area (Å²) in [5.74, 6) is 3.06. The molecule has 76 valence electrons. The van der Waals surface area contributed by atoms with Crippen LogP contribution in [0.1, 0.15) is 33.1 Å². The third-order valence-electron chi connectivity index (χ3n) is 4.60. The van der Waals surface area contributed by atoms with Gasteiger partial charge in [0.1, 0.15) is 0 Å². The minimum atomic E-state index is 0.666. The van der Waals surface area contributed by atoms with Crippen LogP contribution in [0, 0.1) is 23.2 Å². The van der Waals surface area contributed by atoms with Crippen molar-refractivity contribution in [3.05, 3.63) is 0 Å². The average Bonchev–Trinajstić information content (AvgIpc) is 2.03. The van der Waals surface area contributed by atoms with Crippen molar-refractivity contribution in [1.29, 1.82) is 0 Å². The zero-order valence-electron chi connectivity index (χ0n) is 9.51. The maximum Gasteiger partial charge on any atom is 0.000641 e. The molecule has 3 rings (SSSR count). The molecule has 3 unspecified atom stereocenters. The van der Waals surface area contributed by atoms with Gasteiger partial charge in [-0.2, -0.15) is 0 Å². The van der Waals surface area contributed by atoms with E-state index in [4.69, 9.17) is 0 Å². The molecule has 0 N–H and O–H groups in total. The zero-order chi connectivity index (χ0) is 9.64. The highest BCUT2D eigenvalue weighted by molar-refractivity contribution is 5.03. The maximum absolute atomic E-state index is 2.48. The molecule has 1 nitrogen and oxygen atoms in total. The Balaban J connectivity index is 1.99. The standard InChI is InChI=1S/C12H23N/c1-12(2)10-6-5-9(8-13(3)4)11(12)7-10/h9-11H,5-8H2,1-4H3. The van der Waals surface area contributed by atoms with Gasteiger partial charge in [0, 0.05) is 6.54 Å². The second kappa shape index (κ2) is 2.98. The van der Waals surface area contributed by atoms with Gasteiger partial charge in [-0.25, -0.2) is 0 Å². The summed E-state index contributed by atoms with van der Waals surface area (Å²) in [6.45, 7) is 6.27. The lowest BCUT2D eigenvalue weighted by Gasteiger charge is -2.60. The number of rotatable bonds is 2. The van der Waals surface area contributed by atoms with Crippen LogP contribution in [-0.4, -0.2) is 25.5 Å². The van der Waals surface area contributed by atoms with Crippen LogP contribution in [0.4, 0.5) is 0 Å². The largest absolute Gasteiger partial charge is 0.309 e. The van der Waals surface area contributed by atoms with Gasteiger partial charge >= 0.3 is 0 Å². The topological polar surface area (TPSA) is 3.24 Å². The summed E-state index contributed by atoms with van der Waals surface area (Å²) in [4.78, 5) is 2.36. The molecule has 3 atom stereocenters. The summed E-state index contributed by atoms with van der Waals surface area (Å²) in [6, 6.07) is 0. The molecule has 2 bridgehead atoms. The molecule has 0 radical (unpaired) electrons. The molecule has 0 aliphatic heterocycles. The SMILES string of the molecule is CN(C)CC1CCC2CC1C2(C)C. The molecule has 1 heteroatoms. The average molecular weight is 181 g/mol. The Labute approximate surface area is 82.5 Å². The second-order valence-electron chi connectivity index (χ2n) is 5.96. The molecule has 0 aromatic rings. The van der Waals surface area contributed by atoms with Crippen LogP contribution in [0.25, 0.3) is 0 Å². The van der Waals surface area contributed by atoms with Crippen LogP contribution >= 0.6 is 0 Å². The molecule has 13 heavy (non-hydrogen) atoms. The van der Waals surface area contributed by atoms with E-state index in [1.54, 1.807) is 0 Å². The van der Waals surface area contributed by atoms with Crippen molar-refractivity contribution in [1.82, 2.24) is 4.90 Å². The molecule has 0 saturated heterocycles. The fourth-order valence-corrected chi connectivity index (χ4v) is 3.65. The van der Waals surface area contributed by atoms with Crippen molar-refractivity contribution in [3.63, 3.8) is 0 Å². The number of nitrogens with zero attached hydrogens (tertiary/aromatic N) is 1. The smallest absolute Gasteiger partial charge is 0.000641 e. The second-order valence-corrected chi connectivity index (χ2v) is 5.96. The lowest BCUT2D eigenvalue weighted by atomic mass is 9.45. The third-order valence-corrected chi connectivity index (χ3v) is 4.60. The van der Waals surface area contributed by atoms with Crippen molar-refractivity contribution < 1.29 is 0 Å². The highest BCUT2D eigenvalue weighted by Crippen LogP contribution is 2.61. The minimum absolute atomic E-state index is 0.666. The van der Waals surface area contributed by atoms with Crippen LogP contribution < -0.4 is 0 Å². The van der Waals surface area contributed by atoms with Crippen molar-refractivity contribution in [2.45, 2.75) is 33.1 Å².